The summed E-state index contributed by atoms with van der Waals surface area (Å²) < 4.78 is 40.1. The molecule has 1 aromatic rings. The van der Waals surface area contributed by atoms with Crippen LogP contribution in [0.2, 0.25) is 0 Å². The minimum Gasteiger partial charge on any atom is -0.756 e. The summed E-state index contributed by atoms with van der Waals surface area (Å²) in [5.74, 6) is 1.26. The molecule has 0 aliphatic carbocycles. The molecule has 1 rings (SSSR count). The number of furan rings is 1. The second-order valence-electron chi connectivity index (χ2n) is 17.7. The highest BCUT2D eigenvalue weighted by atomic mass is 31.2. The summed E-state index contributed by atoms with van der Waals surface area (Å²) in [7, 11) is 1.00. The zero-order chi connectivity index (χ0) is 48.2. The summed E-state index contributed by atoms with van der Waals surface area (Å²) in [6.45, 7) is 8.08. The van der Waals surface area contributed by atoms with Gasteiger partial charge in [0.15, 0.2) is 6.10 Å². The van der Waals surface area contributed by atoms with Crippen LogP contribution in [0.15, 0.2) is 77.3 Å². The predicted molar refractivity (Wildman–Crippen MR) is 260 cm³/mol. The second kappa shape index (κ2) is 36.7. The molecule has 0 amide bonds. The van der Waals surface area contributed by atoms with E-state index in [0.29, 0.717) is 43.1 Å². The van der Waals surface area contributed by atoms with Gasteiger partial charge in [-0.3, -0.25) is 14.2 Å². The highest BCUT2D eigenvalue weighted by molar-refractivity contribution is 7.45. The van der Waals surface area contributed by atoms with Gasteiger partial charge >= 0.3 is 11.9 Å². The van der Waals surface area contributed by atoms with Gasteiger partial charge in [0.1, 0.15) is 31.3 Å². The van der Waals surface area contributed by atoms with E-state index >= 15 is 0 Å². The summed E-state index contributed by atoms with van der Waals surface area (Å²) in [6, 6.07) is 0. The molecule has 0 spiro atoms. The van der Waals surface area contributed by atoms with Crippen molar-refractivity contribution in [2.45, 2.75) is 174 Å². The highest BCUT2D eigenvalue weighted by Gasteiger charge is 2.22. The Hall–Kier alpha value is -3.35. The normalized spacial score (nSPS) is 15.0. The standard InChI is InChI=1S/C52H86NO11P/c1-8-10-24-32-46(54)33-26-19-15-14-16-20-27-34-47(55)35-28-23-31-39-52(57)63-48(43-62-65(58,59)61-41-40-53(5,6)7)42-60-51(56)38-30-22-18-13-12-17-21-29-37-50-45(4)44(3)49(64-50)36-25-11-9-2/h10,15-16,19-20,24,26-28,33-35,46-48,54-55H,8-9,11-14,17-18,21-23,25,29-32,36-43H2,1-7H3/b19-15-,20-16-,24-10-,33-26+,34-27+,35-28-/t46-,47-,48+/m0/s1. The third kappa shape index (κ3) is 33.7. The number of aliphatic hydroxyl groups excluding tert-OH is 2. The van der Waals surface area contributed by atoms with Crippen molar-refractivity contribution in [3.63, 3.8) is 0 Å². The zero-order valence-electron chi connectivity index (χ0n) is 41.1. The highest BCUT2D eigenvalue weighted by Crippen LogP contribution is 2.38. The van der Waals surface area contributed by atoms with E-state index in [-0.39, 0.29) is 26.1 Å². The molecule has 1 aromatic heterocycles. The predicted octanol–water partition coefficient (Wildman–Crippen LogP) is 10.8. The van der Waals surface area contributed by atoms with Crippen LogP contribution in [0.4, 0.5) is 0 Å². The molecule has 0 radical (unpaired) electrons. The molecule has 370 valence electrons. The Labute approximate surface area is 392 Å². The first-order valence-corrected chi connectivity index (χ1v) is 25.7. The molecular formula is C52H86NO11P. The Morgan fingerprint density at radius 2 is 1.31 bits per heavy atom. The summed E-state index contributed by atoms with van der Waals surface area (Å²) >= 11 is 0. The van der Waals surface area contributed by atoms with E-state index in [0.717, 1.165) is 62.9 Å². The minimum atomic E-state index is -4.70. The third-order valence-corrected chi connectivity index (χ3v) is 11.6. The number of nitrogens with zero attached hydrogens (tertiary/aromatic N) is 1. The molecule has 2 N–H and O–H groups in total. The maximum atomic E-state index is 12.7. The Bertz CT molecular complexity index is 1650. The number of esters is 2. The Morgan fingerprint density at radius 1 is 0.708 bits per heavy atom. The van der Waals surface area contributed by atoms with Gasteiger partial charge in [0, 0.05) is 25.7 Å². The van der Waals surface area contributed by atoms with Gasteiger partial charge in [-0.25, -0.2) is 0 Å². The number of aryl methyl sites for hydroxylation is 2. The summed E-state index contributed by atoms with van der Waals surface area (Å²) in [5, 5.41) is 20.1. The lowest BCUT2D eigenvalue weighted by Crippen LogP contribution is -2.37. The van der Waals surface area contributed by atoms with Gasteiger partial charge in [0.05, 0.1) is 40.0 Å². The zero-order valence-corrected chi connectivity index (χ0v) is 42.0. The average molecular weight is 932 g/mol. The van der Waals surface area contributed by atoms with Gasteiger partial charge in [-0.1, -0.05) is 138 Å². The number of carbonyl (C=O) groups is 2. The van der Waals surface area contributed by atoms with Crippen LogP contribution in [0.1, 0.15) is 152 Å². The number of unbranched alkanes of at least 4 members (excludes halogenated alkanes) is 10. The smallest absolute Gasteiger partial charge is 0.306 e. The molecule has 1 unspecified atom stereocenters. The van der Waals surface area contributed by atoms with Crippen molar-refractivity contribution >= 4 is 19.8 Å². The lowest BCUT2D eigenvalue weighted by atomic mass is 10.0. The Balaban J connectivity index is 2.44. The molecule has 0 saturated heterocycles. The Kier molecular flexibility index (Phi) is 33.7. The van der Waals surface area contributed by atoms with E-state index in [1.165, 1.54) is 43.2 Å². The topological polar surface area (TPSA) is 165 Å². The number of carbonyl (C=O) groups excluding carboxylic acids is 2. The molecule has 65 heavy (non-hydrogen) atoms. The number of likely N-dealkylation sites (N-methyl/N-ethyl adjacent to an activating group) is 1. The third-order valence-electron chi connectivity index (χ3n) is 10.6. The quantitative estimate of drug-likeness (QED) is 0.0161. The number of phosphoric acid groups is 1. The van der Waals surface area contributed by atoms with Crippen LogP contribution in [0.25, 0.3) is 0 Å². The molecule has 0 bridgehead atoms. The number of hydrogen-bond donors (Lipinski definition) is 2. The number of quaternary nitrogens is 1. The average Bonchev–Trinajstić information content (AvgIpc) is 3.51. The van der Waals surface area contributed by atoms with Crippen molar-refractivity contribution in [3.8, 4) is 0 Å². The monoisotopic (exact) mass is 932 g/mol. The number of rotatable bonds is 39. The van der Waals surface area contributed by atoms with E-state index in [2.05, 4.69) is 27.7 Å². The SMILES string of the molecule is CC/C=C\C[C@H](O)/C=C/C=C\C/C=C\C=C\[C@H](O)/C=C\CCCC(=O)O[C@H](COC(=O)CCCCCCCCCCc1oc(CCCCC)c(C)c1C)COP(=O)([O-])OCC[N+](C)(C)C. The van der Waals surface area contributed by atoms with Crippen LogP contribution in [-0.2, 0) is 45.5 Å². The van der Waals surface area contributed by atoms with Crippen LogP contribution in [0, 0.1) is 13.8 Å². The first-order valence-electron chi connectivity index (χ1n) is 24.2. The van der Waals surface area contributed by atoms with Gasteiger partial charge in [0.2, 0.25) is 0 Å². The van der Waals surface area contributed by atoms with E-state index in [1.54, 1.807) is 30.4 Å². The largest absolute Gasteiger partial charge is 0.756 e. The number of ether oxygens (including phenoxy) is 2. The van der Waals surface area contributed by atoms with Gasteiger partial charge < -0.3 is 42.5 Å². The van der Waals surface area contributed by atoms with Gasteiger partial charge in [-0.15, -0.1) is 0 Å². The lowest BCUT2D eigenvalue weighted by molar-refractivity contribution is -0.870. The van der Waals surface area contributed by atoms with Crippen LogP contribution in [-0.4, -0.2) is 92.5 Å². The molecule has 12 nitrogen and oxygen atoms in total. The number of aliphatic hydroxyl groups is 2. The molecule has 13 heteroatoms. The van der Waals surface area contributed by atoms with Gasteiger partial charge in [-0.2, -0.15) is 0 Å². The van der Waals surface area contributed by atoms with Crippen molar-refractivity contribution in [2.75, 3.05) is 47.5 Å². The molecular weight excluding hydrogens is 846 g/mol. The molecule has 0 fully saturated rings. The molecule has 4 atom stereocenters. The first-order chi connectivity index (χ1) is 31.1. The first kappa shape index (κ1) is 59.7. The van der Waals surface area contributed by atoms with Crippen LogP contribution >= 0.6 is 7.82 Å². The maximum Gasteiger partial charge on any atom is 0.306 e. The van der Waals surface area contributed by atoms with E-state index < -0.39 is 44.7 Å². The minimum absolute atomic E-state index is 0.0272. The van der Waals surface area contributed by atoms with Gasteiger partial charge in [-0.05, 0) is 76.3 Å². The van der Waals surface area contributed by atoms with Crippen molar-refractivity contribution in [1.82, 2.24) is 0 Å². The van der Waals surface area contributed by atoms with Crippen molar-refractivity contribution in [1.29, 1.82) is 0 Å². The van der Waals surface area contributed by atoms with E-state index in [4.69, 9.17) is 22.9 Å². The van der Waals surface area contributed by atoms with Crippen LogP contribution in [0.3, 0.4) is 0 Å². The molecule has 1 heterocycles. The summed E-state index contributed by atoms with van der Waals surface area (Å²) in [4.78, 5) is 37.8. The maximum absolute atomic E-state index is 12.7. The van der Waals surface area contributed by atoms with Crippen molar-refractivity contribution in [2.24, 2.45) is 0 Å². The number of allylic oxidation sites excluding steroid dienone is 8. The van der Waals surface area contributed by atoms with Crippen LogP contribution in [0.5, 0.6) is 0 Å². The Morgan fingerprint density at radius 3 is 1.94 bits per heavy atom. The van der Waals surface area contributed by atoms with Crippen LogP contribution < -0.4 is 4.89 Å². The fourth-order valence-corrected chi connectivity index (χ4v) is 7.24. The summed E-state index contributed by atoms with van der Waals surface area (Å²) in [5.41, 5.74) is 2.63. The molecule has 0 aliphatic rings. The fraction of sp³-hybridized carbons (Fsp3) is 0.654. The van der Waals surface area contributed by atoms with E-state index in [1.807, 2.05) is 63.7 Å². The number of phosphoric ester groups is 1. The second-order valence-corrected chi connectivity index (χ2v) is 19.1. The lowest BCUT2D eigenvalue weighted by Gasteiger charge is -2.28. The summed E-state index contributed by atoms with van der Waals surface area (Å²) in [6.07, 6.45) is 36.9. The number of hydrogen-bond acceptors (Lipinski definition) is 11. The van der Waals surface area contributed by atoms with Gasteiger partial charge in [0.25, 0.3) is 7.82 Å². The molecule has 0 aliphatic heterocycles. The fourth-order valence-electron chi connectivity index (χ4n) is 6.51. The molecule has 0 aromatic carbocycles. The molecule has 0 saturated carbocycles. The van der Waals surface area contributed by atoms with Crippen molar-refractivity contribution < 1.29 is 56.7 Å². The van der Waals surface area contributed by atoms with Crippen molar-refractivity contribution in [3.05, 3.63) is 95.6 Å². The van der Waals surface area contributed by atoms with E-state index in [9.17, 15) is 29.3 Å².